The predicted molar refractivity (Wildman–Crippen MR) is 135 cm³/mol. The van der Waals surface area contributed by atoms with Crippen LogP contribution in [0.2, 0.25) is 0 Å². The highest BCUT2D eigenvalue weighted by molar-refractivity contribution is 5.99. The van der Waals surface area contributed by atoms with Crippen molar-refractivity contribution in [1.29, 1.82) is 0 Å². The smallest absolute Gasteiger partial charge is 0.271 e. The number of nitrogens with zero attached hydrogens (tertiary/aromatic N) is 4. The molecule has 0 spiro atoms. The largest absolute Gasteiger partial charge is 0.364 e. The number of benzene rings is 2. The van der Waals surface area contributed by atoms with Gasteiger partial charge in [0.15, 0.2) is 11.3 Å². The number of carbonyl (C=O) groups excluding carboxylic acids is 2. The van der Waals surface area contributed by atoms with E-state index in [1.54, 1.807) is 10.5 Å². The number of aromatic nitrogens is 3. The molecule has 0 unspecified atom stereocenters. The summed E-state index contributed by atoms with van der Waals surface area (Å²) < 4.78 is 1.58. The number of piperidine rings is 1. The number of aryl methyl sites for hydroxylation is 2. The number of nitrogens with two attached hydrogens (primary N) is 1. The van der Waals surface area contributed by atoms with Gasteiger partial charge in [-0.1, -0.05) is 60.2 Å². The van der Waals surface area contributed by atoms with Gasteiger partial charge in [-0.15, -0.1) is 0 Å². The molecule has 1 aliphatic rings. The van der Waals surface area contributed by atoms with Crippen LogP contribution in [0.5, 0.6) is 0 Å². The van der Waals surface area contributed by atoms with E-state index in [4.69, 9.17) is 5.73 Å². The fraction of sp³-hybridized carbons (Fsp3) is 0.286. The van der Waals surface area contributed by atoms with E-state index in [9.17, 15) is 9.59 Å². The van der Waals surface area contributed by atoms with E-state index in [1.807, 2.05) is 35.2 Å². The van der Waals surface area contributed by atoms with Gasteiger partial charge in [-0.05, 0) is 50.2 Å². The van der Waals surface area contributed by atoms with Gasteiger partial charge in [0.05, 0.1) is 5.69 Å². The van der Waals surface area contributed by atoms with E-state index in [1.165, 1.54) is 17.5 Å². The summed E-state index contributed by atoms with van der Waals surface area (Å²) in [6, 6.07) is 20.1. The number of hydrogen-bond donors (Lipinski definition) is 1. The van der Waals surface area contributed by atoms with E-state index < -0.39 is 5.91 Å². The highest BCUT2D eigenvalue weighted by atomic mass is 16.2. The molecule has 0 bridgehead atoms. The fourth-order valence-corrected chi connectivity index (χ4v) is 4.78. The highest BCUT2D eigenvalue weighted by Crippen LogP contribution is 2.26. The van der Waals surface area contributed by atoms with Crippen molar-refractivity contribution < 1.29 is 9.59 Å². The lowest BCUT2D eigenvalue weighted by Gasteiger charge is -2.32. The van der Waals surface area contributed by atoms with Crippen molar-refractivity contribution in [3.63, 3.8) is 0 Å². The molecule has 7 heteroatoms. The first-order valence-electron chi connectivity index (χ1n) is 12.1. The van der Waals surface area contributed by atoms with Crippen LogP contribution in [0.4, 0.5) is 0 Å². The summed E-state index contributed by atoms with van der Waals surface area (Å²) in [5, 5.41) is 0. The van der Waals surface area contributed by atoms with Gasteiger partial charge in [0.25, 0.3) is 11.8 Å². The SMILES string of the molecule is Cc1ccc(CCC2CCN(C(=O)c3cc(-c4ccccc4)nc4c(C(N)=O)ncn34)CC2)cc1. The van der Waals surface area contributed by atoms with Crippen LogP contribution in [0.3, 0.4) is 0 Å². The van der Waals surface area contributed by atoms with Gasteiger partial charge >= 0.3 is 0 Å². The lowest BCUT2D eigenvalue weighted by Crippen LogP contribution is -2.39. The van der Waals surface area contributed by atoms with Crippen molar-refractivity contribution in [3.05, 3.63) is 89.5 Å². The Labute approximate surface area is 204 Å². The molecule has 1 fully saturated rings. The maximum atomic E-state index is 13.6. The molecule has 0 aliphatic carbocycles. The van der Waals surface area contributed by atoms with Crippen molar-refractivity contribution in [2.75, 3.05) is 13.1 Å². The predicted octanol–water partition coefficient (Wildman–Crippen LogP) is 4.29. The molecule has 1 saturated heterocycles. The number of likely N-dealkylation sites (tertiary alicyclic amines) is 1. The van der Waals surface area contributed by atoms with Gasteiger partial charge < -0.3 is 10.6 Å². The summed E-state index contributed by atoms with van der Waals surface area (Å²) in [6.45, 7) is 3.52. The summed E-state index contributed by atoms with van der Waals surface area (Å²) in [6.07, 6.45) is 5.61. The average Bonchev–Trinajstić information content (AvgIpc) is 3.33. The lowest BCUT2D eigenvalue weighted by molar-refractivity contribution is 0.0679. The molecule has 1 aliphatic heterocycles. The Kier molecular flexibility index (Phi) is 6.31. The molecule has 178 valence electrons. The van der Waals surface area contributed by atoms with Crippen LogP contribution >= 0.6 is 0 Å². The second-order valence-electron chi connectivity index (χ2n) is 9.30. The number of fused-ring (bicyclic) bond motifs is 1. The maximum absolute atomic E-state index is 13.6. The zero-order valence-corrected chi connectivity index (χ0v) is 19.9. The van der Waals surface area contributed by atoms with Gasteiger partial charge in [-0.2, -0.15) is 0 Å². The summed E-state index contributed by atoms with van der Waals surface area (Å²) >= 11 is 0. The Morgan fingerprint density at radius 2 is 1.74 bits per heavy atom. The number of hydrogen-bond acceptors (Lipinski definition) is 4. The Morgan fingerprint density at radius 3 is 2.43 bits per heavy atom. The summed E-state index contributed by atoms with van der Waals surface area (Å²) in [4.78, 5) is 36.2. The minimum absolute atomic E-state index is 0.0617. The van der Waals surface area contributed by atoms with Crippen LogP contribution in [-0.4, -0.2) is 44.2 Å². The molecule has 2 amide bonds. The van der Waals surface area contributed by atoms with Crippen LogP contribution < -0.4 is 5.73 Å². The number of primary amides is 1. The molecule has 0 saturated carbocycles. The molecule has 0 radical (unpaired) electrons. The summed E-state index contributed by atoms with van der Waals surface area (Å²) in [5.41, 5.74) is 10.4. The summed E-state index contributed by atoms with van der Waals surface area (Å²) in [7, 11) is 0. The Morgan fingerprint density at radius 1 is 1.03 bits per heavy atom. The molecule has 35 heavy (non-hydrogen) atoms. The Hall–Kier alpha value is -4.00. The number of amides is 2. The quantitative estimate of drug-likeness (QED) is 0.458. The van der Waals surface area contributed by atoms with Crippen molar-refractivity contribution in [2.24, 2.45) is 11.7 Å². The molecular weight excluding hydrogens is 438 g/mol. The third kappa shape index (κ3) is 4.80. The second-order valence-corrected chi connectivity index (χ2v) is 9.30. The molecule has 2 N–H and O–H groups in total. The van der Waals surface area contributed by atoms with Crippen LogP contribution in [0, 0.1) is 12.8 Å². The summed E-state index contributed by atoms with van der Waals surface area (Å²) in [5.74, 6) is -0.148. The van der Waals surface area contributed by atoms with Crippen molar-refractivity contribution in [2.45, 2.75) is 32.6 Å². The molecule has 2 aromatic heterocycles. The molecule has 0 atom stereocenters. The minimum atomic E-state index is -0.669. The van der Waals surface area contributed by atoms with Gasteiger partial charge in [0.1, 0.15) is 12.0 Å². The number of imidazole rings is 1. The normalized spacial score (nSPS) is 14.4. The van der Waals surface area contributed by atoms with Crippen LogP contribution in [0.15, 0.2) is 67.0 Å². The first kappa shape index (κ1) is 22.8. The monoisotopic (exact) mass is 467 g/mol. The van der Waals surface area contributed by atoms with E-state index >= 15 is 0 Å². The average molecular weight is 468 g/mol. The van der Waals surface area contributed by atoms with Gasteiger partial charge in [-0.25, -0.2) is 9.97 Å². The zero-order chi connectivity index (χ0) is 24.4. The van der Waals surface area contributed by atoms with Gasteiger partial charge in [0, 0.05) is 18.7 Å². The molecule has 5 rings (SSSR count). The van der Waals surface area contributed by atoms with Crippen molar-refractivity contribution in [1.82, 2.24) is 19.3 Å². The van der Waals surface area contributed by atoms with E-state index in [0.29, 0.717) is 36.0 Å². The van der Waals surface area contributed by atoms with Gasteiger partial charge in [-0.3, -0.25) is 14.0 Å². The fourth-order valence-electron chi connectivity index (χ4n) is 4.78. The highest BCUT2D eigenvalue weighted by Gasteiger charge is 2.27. The standard InChI is InChI=1S/C28H29N5O2/c1-19-7-9-20(10-8-19)11-12-21-13-15-32(16-14-21)28(35)24-17-23(22-5-3-2-4-6-22)31-27-25(26(29)34)30-18-33(24)27/h2-10,17-18,21H,11-16H2,1H3,(H2,29,34). The topological polar surface area (TPSA) is 93.6 Å². The van der Waals surface area contributed by atoms with E-state index in [2.05, 4.69) is 41.2 Å². The van der Waals surface area contributed by atoms with Crippen LogP contribution in [0.25, 0.3) is 16.9 Å². The zero-order valence-electron chi connectivity index (χ0n) is 19.9. The van der Waals surface area contributed by atoms with Gasteiger partial charge in [0.2, 0.25) is 0 Å². The maximum Gasteiger partial charge on any atom is 0.271 e. The molecule has 2 aromatic carbocycles. The third-order valence-electron chi connectivity index (χ3n) is 6.89. The minimum Gasteiger partial charge on any atom is -0.364 e. The number of carbonyl (C=O) groups is 2. The van der Waals surface area contributed by atoms with Crippen molar-refractivity contribution in [3.8, 4) is 11.3 Å². The Balaban J connectivity index is 1.35. The second kappa shape index (κ2) is 9.70. The first-order chi connectivity index (χ1) is 17.0. The first-order valence-corrected chi connectivity index (χ1v) is 12.1. The van der Waals surface area contributed by atoms with Crippen LogP contribution in [-0.2, 0) is 6.42 Å². The van der Waals surface area contributed by atoms with E-state index in [0.717, 1.165) is 31.2 Å². The van der Waals surface area contributed by atoms with Crippen LogP contribution in [0.1, 0.15) is 51.4 Å². The molecular formula is C28H29N5O2. The Bertz CT molecular complexity index is 1350. The van der Waals surface area contributed by atoms with Crippen molar-refractivity contribution >= 4 is 17.5 Å². The lowest BCUT2D eigenvalue weighted by atomic mass is 9.90. The molecule has 4 aromatic rings. The third-order valence-corrected chi connectivity index (χ3v) is 6.89. The van der Waals surface area contributed by atoms with E-state index in [-0.39, 0.29) is 11.6 Å². The molecule has 7 nitrogen and oxygen atoms in total. The number of rotatable bonds is 6. The molecule has 3 heterocycles.